The van der Waals surface area contributed by atoms with Crippen molar-refractivity contribution in [2.75, 3.05) is 49.7 Å². The molecule has 4 aromatic rings. The minimum Gasteiger partial charge on any atom is -0.489 e. The molecule has 3 aromatic heterocycles. The van der Waals surface area contributed by atoms with Crippen LogP contribution in [0.25, 0.3) is 22.2 Å². The maximum absolute atomic E-state index is 16.9. The topological polar surface area (TPSA) is 129 Å². The lowest BCUT2D eigenvalue weighted by molar-refractivity contribution is -0.137. The molecule has 7 rings (SSSR count). The van der Waals surface area contributed by atoms with Crippen molar-refractivity contribution in [2.45, 2.75) is 50.9 Å². The Hall–Kier alpha value is -4.31. The van der Waals surface area contributed by atoms with Gasteiger partial charge < -0.3 is 25.8 Å². The number of hydrogen-bond acceptors (Lipinski definition) is 10. The van der Waals surface area contributed by atoms with Crippen LogP contribution < -0.4 is 25.8 Å². The smallest absolute Gasteiger partial charge is 0.418 e. The number of rotatable bonds is 6. The third-order valence-electron chi connectivity index (χ3n) is 9.76. The molecule has 4 N–H and O–H groups in total. The summed E-state index contributed by atoms with van der Waals surface area (Å²) in [7, 11) is 1.71. The quantitative estimate of drug-likeness (QED) is 0.216. The first kappa shape index (κ1) is 33.2. The minimum atomic E-state index is -4.95. The number of likely N-dealkylation sites (N-methyl/N-ethyl adjacent to an activating group) is 1. The number of aromatic nitrogens is 4. The Kier molecular flexibility index (Phi) is 7.70. The maximum Gasteiger partial charge on any atom is 0.418 e. The summed E-state index contributed by atoms with van der Waals surface area (Å²) in [4.78, 5) is 20.5. The average Bonchev–Trinajstić information content (AvgIpc) is 3.47. The molecule has 1 aliphatic carbocycles. The van der Waals surface area contributed by atoms with E-state index in [4.69, 9.17) is 32.5 Å². The summed E-state index contributed by atoms with van der Waals surface area (Å²) in [6.45, 7) is 3.17. The van der Waals surface area contributed by atoms with Gasteiger partial charge in [0.25, 0.3) is 5.92 Å². The van der Waals surface area contributed by atoms with E-state index in [2.05, 4.69) is 19.9 Å². The molecule has 5 heterocycles. The highest BCUT2D eigenvalue weighted by Crippen LogP contribution is 2.66. The zero-order valence-electron chi connectivity index (χ0n) is 26.5. The van der Waals surface area contributed by atoms with E-state index in [1.165, 1.54) is 13.1 Å². The standard InChI is InChI=1S/C32H31ClF6N8O2/c1-14-9-18(40)43-24(21(14)32(37,38)39)19-22(33)26-20-25(23(19)34)44-29(49-11-16-10-30(13-46(16)3)12-31(30,35)36)45-28(20)47(7-8-48-26)15(2)17-5-4-6-42-27(17)41/h4-6,9,15-16H,7-8,10-13H2,1-3H3,(H2,40,43)(H2,41,42)/t15-,16+,30+/m1/s1. The number of alkyl halides is 5. The van der Waals surface area contributed by atoms with Crippen LogP contribution in [0.5, 0.6) is 11.8 Å². The molecule has 3 aliphatic rings. The van der Waals surface area contributed by atoms with Crippen molar-refractivity contribution in [2.24, 2.45) is 5.41 Å². The van der Waals surface area contributed by atoms with Gasteiger partial charge in [0.2, 0.25) is 0 Å². The Balaban J connectivity index is 1.42. The van der Waals surface area contributed by atoms with Gasteiger partial charge in [-0.1, -0.05) is 17.7 Å². The predicted molar refractivity (Wildman–Crippen MR) is 170 cm³/mol. The van der Waals surface area contributed by atoms with E-state index in [9.17, 15) is 22.0 Å². The Bertz CT molecular complexity index is 2000. The van der Waals surface area contributed by atoms with Crippen LogP contribution in [0.15, 0.2) is 24.4 Å². The molecule has 1 aromatic carbocycles. The Morgan fingerprint density at radius 1 is 1.20 bits per heavy atom. The van der Waals surface area contributed by atoms with E-state index >= 15 is 4.39 Å². The van der Waals surface area contributed by atoms with E-state index in [1.54, 1.807) is 29.0 Å². The lowest BCUT2D eigenvalue weighted by Crippen LogP contribution is -2.32. The van der Waals surface area contributed by atoms with Crippen LogP contribution in [-0.2, 0) is 6.18 Å². The van der Waals surface area contributed by atoms with Crippen molar-refractivity contribution in [1.82, 2.24) is 24.8 Å². The second-order valence-corrected chi connectivity index (χ2v) is 13.3. The van der Waals surface area contributed by atoms with Gasteiger partial charge in [-0.15, -0.1) is 0 Å². The van der Waals surface area contributed by atoms with E-state index in [-0.39, 0.29) is 79.3 Å². The van der Waals surface area contributed by atoms with Crippen molar-refractivity contribution in [1.29, 1.82) is 0 Å². The van der Waals surface area contributed by atoms with Crippen LogP contribution in [0, 0.1) is 18.2 Å². The third-order valence-corrected chi connectivity index (χ3v) is 10.1. The normalized spacial score (nSPS) is 22.3. The molecule has 1 saturated heterocycles. The highest BCUT2D eigenvalue weighted by molar-refractivity contribution is 6.36. The van der Waals surface area contributed by atoms with Crippen molar-refractivity contribution < 1.29 is 35.8 Å². The predicted octanol–water partition coefficient (Wildman–Crippen LogP) is 6.44. The first-order valence-electron chi connectivity index (χ1n) is 15.4. The third kappa shape index (κ3) is 5.39. The van der Waals surface area contributed by atoms with Gasteiger partial charge in [-0.2, -0.15) is 23.1 Å². The molecule has 0 radical (unpaired) electrons. The average molecular weight is 709 g/mol. The molecule has 1 saturated carbocycles. The van der Waals surface area contributed by atoms with Crippen molar-refractivity contribution in [3.05, 3.63) is 51.9 Å². The van der Waals surface area contributed by atoms with Crippen LogP contribution in [-0.4, -0.2) is 70.2 Å². The fourth-order valence-corrected chi connectivity index (χ4v) is 7.50. The van der Waals surface area contributed by atoms with Crippen LogP contribution in [0.3, 0.4) is 0 Å². The van der Waals surface area contributed by atoms with Gasteiger partial charge in [0.15, 0.2) is 11.6 Å². The Labute approximate surface area is 281 Å². The van der Waals surface area contributed by atoms with Gasteiger partial charge >= 0.3 is 12.2 Å². The van der Waals surface area contributed by atoms with Crippen molar-refractivity contribution >= 4 is 40.0 Å². The molecule has 3 atom stereocenters. The van der Waals surface area contributed by atoms with Gasteiger partial charge in [0.1, 0.15) is 36.2 Å². The SMILES string of the molecule is Cc1cc(N)nc(-c2c(Cl)c3c4c(nc(OC[C@@H]5C[C@@]6(CN5C)CC6(F)F)nc4c2F)N([C@H](C)c2cccnc2N)CCO3)c1C(F)(F)F. The number of anilines is 3. The molecule has 260 valence electrons. The molecule has 0 amide bonds. The van der Waals surface area contributed by atoms with Crippen molar-refractivity contribution in [3.8, 4) is 23.0 Å². The van der Waals surface area contributed by atoms with Crippen molar-refractivity contribution in [3.63, 3.8) is 0 Å². The highest BCUT2D eigenvalue weighted by atomic mass is 35.5. The minimum absolute atomic E-state index is 0.0193. The second kappa shape index (κ2) is 11.4. The summed E-state index contributed by atoms with van der Waals surface area (Å²) in [5, 5.41) is -0.501. The molecule has 10 nitrogen and oxygen atoms in total. The number of hydrogen-bond donors (Lipinski definition) is 2. The summed E-state index contributed by atoms with van der Waals surface area (Å²) in [6, 6.07) is 3.22. The van der Waals surface area contributed by atoms with Gasteiger partial charge in [0, 0.05) is 30.8 Å². The van der Waals surface area contributed by atoms with Crippen LogP contribution in [0.4, 0.5) is 43.8 Å². The number of aryl methyl sites for hydroxylation is 1. The summed E-state index contributed by atoms with van der Waals surface area (Å²) in [5.41, 5.74) is 8.01. The number of nitrogen functional groups attached to an aromatic ring is 2. The molecule has 2 fully saturated rings. The molecule has 0 unspecified atom stereocenters. The van der Waals surface area contributed by atoms with Crippen LogP contribution >= 0.6 is 11.6 Å². The molecular formula is C32H31ClF6N8O2. The molecule has 49 heavy (non-hydrogen) atoms. The van der Waals surface area contributed by atoms with Crippen LogP contribution in [0.1, 0.15) is 42.5 Å². The first-order valence-corrected chi connectivity index (χ1v) is 15.8. The largest absolute Gasteiger partial charge is 0.489 e. The Morgan fingerprint density at radius 2 is 1.94 bits per heavy atom. The lowest BCUT2D eigenvalue weighted by Gasteiger charge is -2.30. The summed E-state index contributed by atoms with van der Waals surface area (Å²) in [5.74, 6) is -4.11. The summed E-state index contributed by atoms with van der Waals surface area (Å²) >= 11 is 6.75. The van der Waals surface area contributed by atoms with Crippen LogP contribution in [0.2, 0.25) is 5.02 Å². The van der Waals surface area contributed by atoms with E-state index < -0.39 is 62.8 Å². The number of pyridine rings is 2. The maximum atomic E-state index is 16.9. The first-order chi connectivity index (χ1) is 23.0. The van der Waals surface area contributed by atoms with Gasteiger partial charge in [-0.3, -0.25) is 4.90 Å². The van der Waals surface area contributed by atoms with E-state index in [1.807, 2.05) is 6.92 Å². The molecule has 2 aliphatic heterocycles. The van der Waals surface area contributed by atoms with Gasteiger partial charge in [-0.05, 0) is 45.0 Å². The molecular weight excluding hydrogens is 678 g/mol. The fourth-order valence-electron chi connectivity index (χ4n) is 7.18. The van der Waals surface area contributed by atoms with E-state index in [0.29, 0.717) is 5.56 Å². The Morgan fingerprint density at radius 3 is 2.59 bits per heavy atom. The zero-order valence-corrected chi connectivity index (χ0v) is 27.3. The molecule has 17 heteroatoms. The molecule has 0 bridgehead atoms. The number of ether oxygens (including phenoxy) is 2. The second-order valence-electron chi connectivity index (χ2n) is 12.9. The van der Waals surface area contributed by atoms with E-state index in [0.717, 1.165) is 6.07 Å². The fraction of sp³-hybridized carbons (Fsp3) is 0.438. The number of halogens is 7. The van der Waals surface area contributed by atoms with Gasteiger partial charge in [-0.25, -0.2) is 23.1 Å². The summed E-state index contributed by atoms with van der Waals surface area (Å²) in [6.07, 6.45) is -3.46. The number of nitrogens with two attached hydrogens (primary N) is 2. The van der Waals surface area contributed by atoms with Gasteiger partial charge in [0.05, 0.1) is 45.2 Å². The monoisotopic (exact) mass is 708 g/mol. The highest BCUT2D eigenvalue weighted by Gasteiger charge is 2.73. The lowest BCUT2D eigenvalue weighted by atomic mass is 9.98. The summed E-state index contributed by atoms with van der Waals surface area (Å²) < 4.78 is 101. The number of benzene rings is 1. The molecule has 1 spiro atoms. The zero-order chi connectivity index (χ0) is 35.2. The number of nitrogens with zero attached hydrogens (tertiary/aromatic N) is 6. The number of likely N-dealkylation sites (tertiary alicyclic amines) is 1.